The maximum absolute atomic E-state index is 11.8. The average molecular weight is 279 g/mol. The van der Waals surface area contributed by atoms with E-state index in [1.165, 1.54) is 7.11 Å². The number of aliphatic carboxylic acids is 1. The molecule has 0 aliphatic heterocycles. The molecule has 0 fully saturated rings. The minimum Gasteiger partial charge on any atom is -0.497 e. The van der Waals surface area contributed by atoms with Gasteiger partial charge < -0.3 is 15.2 Å². The van der Waals surface area contributed by atoms with E-state index in [9.17, 15) is 14.4 Å². The molecule has 1 aromatic carbocycles. The summed E-state index contributed by atoms with van der Waals surface area (Å²) in [6.07, 6.45) is 0.378. The Hall–Kier alpha value is -2.37. The zero-order chi connectivity index (χ0) is 15.0. The van der Waals surface area contributed by atoms with Crippen LogP contribution in [0.4, 0.5) is 0 Å². The highest BCUT2D eigenvalue weighted by Crippen LogP contribution is 2.12. The van der Waals surface area contributed by atoms with Crippen LogP contribution >= 0.6 is 0 Å². The van der Waals surface area contributed by atoms with Crippen LogP contribution in [0.2, 0.25) is 0 Å². The molecular weight excluding hydrogens is 262 g/mol. The van der Waals surface area contributed by atoms with Crippen molar-refractivity contribution in [2.24, 2.45) is 0 Å². The lowest BCUT2D eigenvalue weighted by Crippen LogP contribution is -2.29. The summed E-state index contributed by atoms with van der Waals surface area (Å²) in [6, 6.07) is 6.59. The third-order valence-electron chi connectivity index (χ3n) is 2.62. The Morgan fingerprint density at radius 2 is 2.00 bits per heavy atom. The lowest BCUT2D eigenvalue weighted by atomic mass is 10.1. The van der Waals surface area contributed by atoms with E-state index in [2.05, 4.69) is 5.32 Å². The third kappa shape index (κ3) is 5.51. The molecule has 2 N–H and O–H groups in total. The first-order valence-corrected chi connectivity index (χ1v) is 6.18. The number of nitrogens with one attached hydrogen (secondary N) is 1. The number of benzene rings is 1. The number of rotatable bonds is 8. The topological polar surface area (TPSA) is 92.7 Å². The van der Waals surface area contributed by atoms with Crippen molar-refractivity contribution >= 4 is 17.7 Å². The van der Waals surface area contributed by atoms with Gasteiger partial charge in [0.15, 0.2) is 5.78 Å². The van der Waals surface area contributed by atoms with Crippen molar-refractivity contribution in [3.63, 3.8) is 0 Å². The number of carbonyl (C=O) groups excluding carboxylic acids is 2. The number of hydrogen-bond donors (Lipinski definition) is 2. The molecule has 0 spiro atoms. The number of carboxylic acid groups (broad SMARTS) is 1. The molecule has 20 heavy (non-hydrogen) atoms. The van der Waals surface area contributed by atoms with E-state index in [4.69, 9.17) is 9.84 Å². The summed E-state index contributed by atoms with van der Waals surface area (Å²) in [4.78, 5) is 33.5. The summed E-state index contributed by atoms with van der Waals surface area (Å²) in [6.45, 7) is -0.102. The van der Waals surface area contributed by atoms with Crippen molar-refractivity contribution in [2.75, 3.05) is 13.7 Å². The molecule has 0 aliphatic rings. The summed E-state index contributed by atoms with van der Waals surface area (Å²) in [5.74, 6) is -0.929. The van der Waals surface area contributed by atoms with Gasteiger partial charge in [0.05, 0.1) is 13.7 Å². The number of hydrogen-bond acceptors (Lipinski definition) is 4. The largest absolute Gasteiger partial charge is 0.497 e. The molecule has 0 bridgehead atoms. The fraction of sp³-hybridized carbons (Fsp3) is 0.357. The van der Waals surface area contributed by atoms with Gasteiger partial charge in [-0.3, -0.25) is 14.4 Å². The van der Waals surface area contributed by atoms with Gasteiger partial charge in [-0.25, -0.2) is 0 Å². The summed E-state index contributed by atoms with van der Waals surface area (Å²) < 4.78 is 5.00. The molecule has 0 unspecified atom stereocenters. The molecule has 1 rings (SSSR count). The van der Waals surface area contributed by atoms with Crippen LogP contribution in [-0.2, 0) is 9.59 Å². The van der Waals surface area contributed by atoms with Gasteiger partial charge in [-0.2, -0.15) is 0 Å². The lowest BCUT2D eigenvalue weighted by Gasteiger charge is -2.06. The Morgan fingerprint density at radius 3 is 2.65 bits per heavy atom. The highest BCUT2D eigenvalue weighted by Gasteiger charge is 2.09. The first-order chi connectivity index (χ1) is 9.52. The molecule has 6 heteroatoms. The van der Waals surface area contributed by atoms with E-state index in [0.717, 1.165) is 0 Å². The molecule has 1 aromatic rings. The van der Waals surface area contributed by atoms with Crippen molar-refractivity contribution in [1.29, 1.82) is 0 Å². The third-order valence-corrected chi connectivity index (χ3v) is 2.62. The zero-order valence-corrected chi connectivity index (χ0v) is 11.2. The highest BCUT2D eigenvalue weighted by atomic mass is 16.5. The van der Waals surface area contributed by atoms with E-state index in [1.54, 1.807) is 24.3 Å². The van der Waals surface area contributed by atoms with Crippen molar-refractivity contribution in [3.8, 4) is 5.75 Å². The number of carboxylic acids is 1. The number of Topliss-reactive ketones (excluding diaryl/α,β-unsaturated/α-hetero) is 1. The van der Waals surface area contributed by atoms with Crippen LogP contribution in [-0.4, -0.2) is 36.4 Å². The van der Waals surface area contributed by atoms with Gasteiger partial charge in [-0.05, 0) is 24.6 Å². The molecule has 6 nitrogen and oxygen atoms in total. The predicted octanol–water partition coefficient (Wildman–Crippen LogP) is 1.25. The molecule has 108 valence electrons. The molecule has 0 atom stereocenters. The summed E-state index contributed by atoms with van der Waals surface area (Å²) >= 11 is 0. The fourth-order valence-electron chi connectivity index (χ4n) is 1.57. The van der Waals surface area contributed by atoms with Crippen LogP contribution in [0.3, 0.4) is 0 Å². The Balaban J connectivity index is 2.38. The van der Waals surface area contributed by atoms with Crippen molar-refractivity contribution in [3.05, 3.63) is 29.8 Å². The maximum atomic E-state index is 11.8. The van der Waals surface area contributed by atoms with Gasteiger partial charge in [0.2, 0.25) is 0 Å². The molecule has 0 saturated heterocycles. The summed E-state index contributed by atoms with van der Waals surface area (Å²) in [5, 5.41) is 10.9. The quantitative estimate of drug-likeness (QED) is 0.747. The van der Waals surface area contributed by atoms with Crippen molar-refractivity contribution < 1.29 is 24.2 Å². The molecule has 0 aromatic heterocycles. The molecular formula is C14H17NO5. The van der Waals surface area contributed by atoms with E-state index in [-0.39, 0.29) is 37.5 Å². The van der Waals surface area contributed by atoms with Crippen LogP contribution in [0.15, 0.2) is 24.3 Å². The lowest BCUT2D eigenvalue weighted by molar-refractivity contribution is -0.137. The molecule has 0 heterocycles. The second-order valence-electron chi connectivity index (χ2n) is 4.20. The van der Waals surface area contributed by atoms with Crippen LogP contribution in [0, 0.1) is 0 Å². The standard InChI is InChI=1S/C14H17NO5/c1-20-12-6-2-4-10(8-12)14(19)15-9-11(16)5-3-7-13(17)18/h2,4,6,8H,3,5,7,9H2,1H3,(H,15,19)(H,17,18). The van der Waals surface area contributed by atoms with Gasteiger partial charge in [0.25, 0.3) is 5.91 Å². The van der Waals surface area contributed by atoms with Crippen LogP contribution in [0.25, 0.3) is 0 Å². The molecule has 0 aliphatic carbocycles. The number of methoxy groups -OCH3 is 1. The van der Waals surface area contributed by atoms with Gasteiger partial charge >= 0.3 is 5.97 Å². The van der Waals surface area contributed by atoms with Gasteiger partial charge in [0, 0.05) is 18.4 Å². The number of amides is 1. The van der Waals surface area contributed by atoms with Gasteiger partial charge in [-0.15, -0.1) is 0 Å². The monoisotopic (exact) mass is 279 g/mol. The van der Waals surface area contributed by atoms with Crippen LogP contribution in [0.5, 0.6) is 5.75 Å². The number of ketones is 1. The Morgan fingerprint density at radius 1 is 1.25 bits per heavy atom. The van der Waals surface area contributed by atoms with E-state index in [1.807, 2.05) is 0 Å². The Bertz CT molecular complexity index is 498. The Kier molecular flexibility index (Phi) is 6.22. The minimum absolute atomic E-state index is 0.0461. The van der Waals surface area contributed by atoms with E-state index < -0.39 is 5.97 Å². The van der Waals surface area contributed by atoms with E-state index in [0.29, 0.717) is 11.3 Å². The molecule has 1 amide bonds. The zero-order valence-electron chi connectivity index (χ0n) is 11.2. The average Bonchev–Trinajstić information content (AvgIpc) is 2.44. The van der Waals surface area contributed by atoms with Crippen LogP contribution < -0.4 is 10.1 Å². The van der Waals surface area contributed by atoms with Crippen LogP contribution in [0.1, 0.15) is 29.6 Å². The highest BCUT2D eigenvalue weighted by molar-refractivity contribution is 5.97. The fourth-order valence-corrected chi connectivity index (χ4v) is 1.57. The molecule has 0 radical (unpaired) electrons. The van der Waals surface area contributed by atoms with Gasteiger partial charge in [-0.1, -0.05) is 6.07 Å². The first-order valence-electron chi connectivity index (χ1n) is 6.18. The second kappa shape index (κ2) is 7.93. The maximum Gasteiger partial charge on any atom is 0.303 e. The number of carbonyl (C=O) groups is 3. The summed E-state index contributed by atoms with van der Waals surface area (Å²) in [7, 11) is 1.50. The second-order valence-corrected chi connectivity index (χ2v) is 4.20. The normalized spacial score (nSPS) is 9.85. The first kappa shape index (κ1) is 15.7. The summed E-state index contributed by atoms with van der Waals surface area (Å²) in [5.41, 5.74) is 0.405. The molecule has 0 saturated carbocycles. The number of ether oxygens (including phenoxy) is 1. The van der Waals surface area contributed by atoms with Crippen molar-refractivity contribution in [1.82, 2.24) is 5.32 Å². The predicted molar refractivity (Wildman–Crippen MR) is 71.8 cm³/mol. The Labute approximate surface area is 116 Å². The SMILES string of the molecule is COc1cccc(C(=O)NCC(=O)CCCC(=O)O)c1. The minimum atomic E-state index is -0.932. The van der Waals surface area contributed by atoms with Gasteiger partial charge in [0.1, 0.15) is 5.75 Å². The van der Waals surface area contributed by atoms with Crippen molar-refractivity contribution in [2.45, 2.75) is 19.3 Å². The van der Waals surface area contributed by atoms with E-state index >= 15 is 0 Å². The smallest absolute Gasteiger partial charge is 0.303 e.